The summed E-state index contributed by atoms with van der Waals surface area (Å²) in [5, 5.41) is 6.03. The van der Waals surface area contributed by atoms with Gasteiger partial charge in [0.2, 0.25) is 0 Å². The van der Waals surface area contributed by atoms with E-state index in [0.29, 0.717) is 6.04 Å². The van der Waals surface area contributed by atoms with Gasteiger partial charge >= 0.3 is 0 Å². The van der Waals surface area contributed by atoms with Gasteiger partial charge in [-0.05, 0) is 35.8 Å². The highest BCUT2D eigenvalue weighted by Crippen LogP contribution is 2.14. The van der Waals surface area contributed by atoms with Gasteiger partial charge in [0.05, 0.1) is 0 Å². The van der Waals surface area contributed by atoms with Crippen molar-refractivity contribution in [3.05, 3.63) is 42.2 Å². The Morgan fingerprint density at radius 1 is 1.28 bits per heavy atom. The normalized spacial score (nSPS) is 12.8. The Kier molecular flexibility index (Phi) is 5.02. The lowest BCUT2D eigenvalue weighted by molar-refractivity contribution is 0.596. The molecule has 1 N–H and O–H groups in total. The standard InChI is InChI=1S/C15H20N2S/c1-3-18-11-12(2)17-9-13-4-5-15-10-16-7-6-14(15)8-13/h4-8,10,12,17H,3,9,11H2,1-2H3. The fraction of sp³-hybridized carbons (Fsp3) is 0.400. The maximum absolute atomic E-state index is 4.13. The van der Waals surface area contributed by atoms with E-state index in [1.165, 1.54) is 27.8 Å². The summed E-state index contributed by atoms with van der Waals surface area (Å²) >= 11 is 1.98. The Bertz CT molecular complexity index is 499. The molecule has 0 saturated carbocycles. The van der Waals surface area contributed by atoms with Crippen molar-refractivity contribution in [1.29, 1.82) is 0 Å². The van der Waals surface area contributed by atoms with Crippen molar-refractivity contribution in [2.75, 3.05) is 11.5 Å². The topological polar surface area (TPSA) is 24.9 Å². The van der Waals surface area contributed by atoms with Crippen molar-refractivity contribution in [1.82, 2.24) is 10.3 Å². The quantitative estimate of drug-likeness (QED) is 0.861. The molecule has 0 saturated heterocycles. The van der Waals surface area contributed by atoms with E-state index < -0.39 is 0 Å². The first kappa shape index (κ1) is 13.4. The molecule has 2 aromatic rings. The van der Waals surface area contributed by atoms with Gasteiger partial charge in [-0.3, -0.25) is 4.98 Å². The maximum Gasteiger partial charge on any atom is 0.0346 e. The first-order valence-corrected chi connectivity index (χ1v) is 7.59. The first-order chi connectivity index (χ1) is 8.79. The Balaban J connectivity index is 1.95. The molecule has 0 aliphatic rings. The van der Waals surface area contributed by atoms with Gasteiger partial charge in [-0.2, -0.15) is 11.8 Å². The van der Waals surface area contributed by atoms with Gasteiger partial charge in [0.1, 0.15) is 0 Å². The van der Waals surface area contributed by atoms with Crippen LogP contribution in [0.4, 0.5) is 0 Å². The van der Waals surface area contributed by atoms with Crippen LogP contribution in [0.5, 0.6) is 0 Å². The van der Waals surface area contributed by atoms with E-state index in [1.54, 1.807) is 0 Å². The number of thioether (sulfide) groups is 1. The van der Waals surface area contributed by atoms with Crippen molar-refractivity contribution < 1.29 is 0 Å². The van der Waals surface area contributed by atoms with E-state index in [9.17, 15) is 0 Å². The Hall–Kier alpha value is -1.06. The van der Waals surface area contributed by atoms with Gasteiger partial charge in [-0.25, -0.2) is 0 Å². The molecule has 1 aromatic carbocycles. The summed E-state index contributed by atoms with van der Waals surface area (Å²) in [6, 6.07) is 9.18. The molecule has 1 atom stereocenters. The fourth-order valence-corrected chi connectivity index (χ4v) is 2.60. The third kappa shape index (κ3) is 3.72. The summed E-state index contributed by atoms with van der Waals surface area (Å²) in [6.07, 6.45) is 3.76. The summed E-state index contributed by atoms with van der Waals surface area (Å²) < 4.78 is 0. The zero-order valence-electron chi connectivity index (χ0n) is 11.0. The molecule has 2 nitrogen and oxygen atoms in total. The van der Waals surface area contributed by atoms with Gasteiger partial charge in [0.15, 0.2) is 0 Å². The number of benzene rings is 1. The predicted octanol–water partition coefficient (Wildman–Crippen LogP) is 3.47. The Morgan fingerprint density at radius 2 is 2.17 bits per heavy atom. The van der Waals surface area contributed by atoms with Crippen LogP contribution in [-0.4, -0.2) is 22.5 Å². The minimum absolute atomic E-state index is 0.558. The zero-order valence-corrected chi connectivity index (χ0v) is 11.8. The average Bonchev–Trinajstić information content (AvgIpc) is 2.42. The maximum atomic E-state index is 4.13. The molecule has 0 aliphatic heterocycles. The van der Waals surface area contributed by atoms with Gasteiger partial charge in [0, 0.05) is 36.1 Å². The number of rotatable bonds is 6. The van der Waals surface area contributed by atoms with Gasteiger partial charge in [0.25, 0.3) is 0 Å². The molecule has 0 spiro atoms. The Morgan fingerprint density at radius 3 is 3.00 bits per heavy atom. The van der Waals surface area contributed by atoms with Crippen molar-refractivity contribution in [2.45, 2.75) is 26.4 Å². The lowest BCUT2D eigenvalue weighted by Crippen LogP contribution is -2.27. The van der Waals surface area contributed by atoms with E-state index in [4.69, 9.17) is 0 Å². The highest BCUT2D eigenvalue weighted by atomic mass is 32.2. The van der Waals surface area contributed by atoms with Crippen molar-refractivity contribution in [3.8, 4) is 0 Å². The molecule has 1 unspecified atom stereocenters. The number of hydrogen-bond donors (Lipinski definition) is 1. The van der Waals surface area contributed by atoms with E-state index in [2.05, 4.69) is 48.4 Å². The number of nitrogens with one attached hydrogen (secondary N) is 1. The smallest absolute Gasteiger partial charge is 0.0346 e. The van der Waals surface area contributed by atoms with Gasteiger partial charge in [-0.15, -0.1) is 0 Å². The number of fused-ring (bicyclic) bond motifs is 1. The van der Waals surface area contributed by atoms with Crippen LogP contribution in [0.3, 0.4) is 0 Å². The van der Waals surface area contributed by atoms with Crippen LogP contribution in [0.15, 0.2) is 36.7 Å². The monoisotopic (exact) mass is 260 g/mol. The molecular formula is C15H20N2S. The predicted molar refractivity (Wildman–Crippen MR) is 81.0 cm³/mol. The van der Waals surface area contributed by atoms with Crippen molar-refractivity contribution in [2.24, 2.45) is 0 Å². The molecule has 0 bridgehead atoms. The number of aromatic nitrogens is 1. The third-order valence-corrected chi connectivity index (χ3v) is 4.08. The van der Waals surface area contributed by atoms with E-state index in [0.717, 1.165) is 6.54 Å². The SMILES string of the molecule is CCSCC(C)NCc1ccc2cnccc2c1. The molecule has 2 rings (SSSR count). The average molecular weight is 260 g/mol. The largest absolute Gasteiger partial charge is 0.309 e. The minimum Gasteiger partial charge on any atom is -0.309 e. The van der Waals surface area contributed by atoms with Gasteiger partial charge in [-0.1, -0.05) is 19.1 Å². The molecule has 96 valence electrons. The minimum atomic E-state index is 0.558. The van der Waals surface area contributed by atoms with Crippen LogP contribution in [0.2, 0.25) is 0 Å². The molecular weight excluding hydrogens is 240 g/mol. The molecule has 0 fully saturated rings. The van der Waals surface area contributed by atoms with Crippen LogP contribution in [0.1, 0.15) is 19.4 Å². The van der Waals surface area contributed by atoms with E-state index >= 15 is 0 Å². The van der Waals surface area contributed by atoms with E-state index in [1.807, 2.05) is 24.2 Å². The number of nitrogens with zero attached hydrogens (tertiary/aromatic N) is 1. The van der Waals surface area contributed by atoms with Crippen LogP contribution in [0.25, 0.3) is 10.8 Å². The van der Waals surface area contributed by atoms with Crippen LogP contribution >= 0.6 is 11.8 Å². The molecule has 1 heterocycles. The molecule has 18 heavy (non-hydrogen) atoms. The van der Waals surface area contributed by atoms with Crippen LogP contribution in [-0.2, 0) is 6.54 Å². The molecule has 3 heteroatoms. The summed E-state index contributed by atoms with van der Waals surface area (Å²) in [5.41, 5.74) is 1.34. The lowest BCUT2D eigenvalue weighted by Gasteiger charge is -2.13. The summed E-state index contributed by atoms with van der Waals surface area (Å²) in [6.45, 7) is 5.38. The van der Waals surface area contributed by atoms with Crippen LogP contribution in [0, 0.1) is 0 Å². The first-order valence-electron chi connectivity index (χ1n) is 6.43. The lowest BCUT2D eigenvalue weighted by atomic mass is 10.1. The van der Waals surface area contributed by atoms with E-state index in [-0.39, 0.29) is 0 Å². The third-order valence-electron chi connectivity index (χ3n) is 2.93. The highest BCUT2D eigenvalue weighted by molar-refractivity contribution is 7.99. The van der Waals surface area contributed by atoms with Crippen molar-refractivity contribution >= 4 is 22.5 Å². The highest BCUT2D eigenvalue weighted by Gasteiger charge is 2.01. The summed E-state index contributed by atoms with van der Waals surface area (Å²) in [5.74, 6) is 2.36. The second-order valence-electron chi connectivity index (χ2n) is 4.50. The fourth-order valence-electron chi connectivity index (χ4n) is 1.89. The Labute approximate surface area is 113 Å². The second kappa shape index (κ2) is 6.76. The van der Waals surface area contributed by atoms with Crippen molar-refractivity contribution in [3.63, 3.8) is 0 Å². The molecule has 1 aromatic heterocycles. The second-order valence-corrected chi connectivity index (χ2v) is 5.82. The van der Waals surface area contributed by atoms with Gasteiger partial charge < -0.3 is 5.32 Å². The molecule has 0 aliphatic carbocycles. The number of pyridine rings is 1. The molecule has 0 radical (unpaired) electrons. The zero-order chi connectivity index (χ0) is 12.8. The summed E-state index contributed by atoms with van der Waals surface area (Å²) in [4.78, 5) is 4.13. The molecule has 0 amide bonds. The van der Waals surface area contributed by atoms with Crippen LogP contribution < -0.4 is 5.32 Å². The summed E-state index contributed by atoms with van der Waals surface area (Å²) in [7, 11) is 0. The number of hydrogen-bond acceptors (Lipinski definition) is 3.